The van der Waals surface area contributed by atoms with Gasteiger partial charge in [0.05, 0.1) is 11.9 Å². The Balaban J connectivity index is 1.72. The molecule has 1 aliphatic carbocycles. The molecule has 0 bridgehead atoms. The average molecular weight is 528 g/mol. The van der Waals surface area contributed by atoms with Crippen LogP contribution < -0.4 is 9.62 Å². The zero-order valence-corrected chi connectivity index (χ0v) is 23.4. The highest BCUT2D eigenvalue weighted by Gasteiger charge is 2.28. The van der Waals surface area contributed by atoms with Gasteiger partial charge in [-0.2, -0.15) is 0 Å². The van der Waals surface area contributed by atoms with Crippen molar-refractivity contribution in [1.29, 1.82) is 0 Å². The minimum Gasteiger partial charge on any atom is -0.352 e. The minimum absolute atomic E-state index is 0.133. The lowest BCUT2D eigenvalue weighted by Crippen LogP contribution is -2.50. The molecule has 1 N–H and O–H groups in total. The van der Waals surface area contributed by atoms with Gasteiger partial charge in [-0.1, -0.05) is 61.2 Å². The normalized spacial score (nSPS) is 15.1. The Kier molecular flexibility index (Phi) is 10.1. The standard InChI is InChI=1S/C29H41N3O4S/c1-22-16-18-27(19-17-22)32(37(4,35)36)20-10-15-28(33)31(21-25-12-9-8-11-23(25)2)24(3)29(34)30-26-13-6-5-7-14-26/h8-9,11-12,16-19,24,26H,5-7,10,13-15,20-21H2,1-4H3,(H,30,34)/t24-/m1/s1. The maximum atomic E-state index is 13.5. The Bertz CT molecular complexity index is 1160. The summed E-state index contributed by atoms with van der Waals surface area (Å²) in [7, 11) is -3.51. The van der Waals surface area contributed by atoms with Crippen molar-refractivity contribution in [2.24, 2.45) is 0 Å². The third kappa shape index (κ3) is 8.32. The molecule has 2 aromatic rings. The molecule has 3 rings (SSSR count). The van der Waals surface area contributed by atoms with Crippen molar-refractivity contribution >= 4 is 27.5 Å². The predicted molar refractivity (Wildman–Crippen MR) is 149 cm³/mol. The fraction of sp³-hybridized carbons (Fsp3) is 0.517. The van der Waals surface area contributed by atoms with Crippen LogP contribution in [0.25, 0.3) is 0 Å². The summed E-state index contributed by atoms with van der Waals surface area (Å²) in [6.07, 6.45) is 7.05. The largest absolute Gasteiger partial charge is 0.352 e. The van der Waals surface area contributed by atoms with Gasteiger partial charge in [-0.05, 0) is 63.3 Å². The Morgan fingerprint density at radius 1 is 1.00 bits per heavy atom. The van der Waals surface area contributed by atoms with E-state index >= 15 is 0 Å². The van der Waals surface area contributed by atoms with Crippen LogP contribution in [0.5, 0.6) is 0 Å². The van der Waals surface area contributed by atoms with Crippen molar-refractivity contribution in [3.05, 3.63) is 65.2 Å². The van der Waals surface area contributed by atoms with E-state index in [1.807, 2.05) is 50.2 Å². The number of benzene rings is 2. The van der Waals surface area contributed by atoms with Gasteiger partial charge in [0, 0.05) is 25.6 Å². The number of rotatable bonds is 11. The summed E-state index contributed by atoms with van der Waals surface area (Å²) in [6, 6.07) is 14.7. The highest BCUT2D eigenvalue weighted by atomic mass is 32.2. The van der Waals surface area contributed by atoms with Crippen molar-refractivity contribution in [3.63, 3.8) is 0 Å². The van der Waals surface area contributed by atoms with Crippen LogP contribution >= 0.6 is 0 Å². The first kappa shape index (κ1) is 28.7. The number of sulfonamides is 1. The molecule has 2 aromatic carbocycles. The molecule has 0 radical (unpaired) electrons. The highest BCUT2D eigenvalue weighted by Crippen LogP contribution is 2.21. The number of carbonyl (C=O) groups excluding carboxylic acids is 2. The van der Waals surface area contributed by atoms with Crippen molar-refractivity contribution in [3.8, 4) is 0 Å². The fourth-order valence-electron chi connectivity index (χ4n) is 4.84. The molecule has 0 heterocycles. The van der Waals surface area contributed by atoms with Crippen LogP contribution in [0.15, 0.2) is 48.5 Å². The molecule has 202 valence electrons. The Morgan fingerprint density at radius 3 is 2.27 bits per heavy atom. The summed E-state index contributed by atoms with van der Waals surface area (Å²) in [5.41, 5.74) is 3.67. The van der Waals surface area contributed by atoms with Crippen LogP contribution in [0.3, 0.4) is 0 Å². The van der Waals surface area contributed by atoms with Crippen LogP contribution in [0.4, 0.5) is 5.69 Å². The number of nitrogens with zero attached hydrogens (tertiary/aromatic N) is 2. The van der Waals surface area contributed by atoms with Crippen molar-refractivity contribution < 1.29 is 18.0 Å². The van der Waals surface area contributed by atoms with Crippen molar-refractivity contribution in [2.45, 2.75) is 84.3 Å². The van der Waals surface area contributed by atoms with Crippen LogP contribution in [-0.4, -0.2) is 50.0 Å². The molecule has 2 amide bonds. The van der Waals surface area contributed by atoms with E-state index in [9.17, 15) is 18.0 Å². The lowest BCUT2D eigenvalue weighted by molar-refractivity contribution is -0.141. The van der Waals surface area contributed by atoms with E-state index < -0.39 is 16.1 Å². The molecule has 1 fully saturated rings. The number of hydrogen-bond acceptors (Lipinski definition) is 4. The molecule has 0 saturated heterocycles. The number of carbonyl (C=O) groups is 2. The van der Waals surface area contributed by atoms with E-state index in [1.165, 1.54) is 17.0 Å². The van der Waals surface area contributed by atoms with Gasteiger partial charge in [-0.25, -0.2) is 8.42 Å². The third-order valence-corrected chi connectivity index (χ3v) is 8.39. The first-order valence-electron chi connectivity index (χ1n) is 13.2. The monoisotopic (exact) mass is 527 g/mol. The van der Waals surface area contributed by atoms with Gasteiger partial charge in [0.25, 0.3) is 0 Å². The lowest BCUT2D eigenvalue weighted by atomic mass is 9.95. The number of amides is 2. The Morgan fingerprint density at radius 2 is 1.65 bits per heavy atom. The van der Waals surface area contributed by atoms with Crippen LogP contribution in [0, 0.1) is 13.8 Å². The Hall–Kier alpha value is -2.87. The summed E-state index contributed by atoms with van der Waals surface area (Å²) in [6.45, 7) is 6.24. The van der Waals surface area contributed by atoms with Gasteiger partial charge in [-0.15, -0.1) is 0 Å². The second-order valence-corrected chi connectivity index (χ2v) is 12.1. The van der Waals surface area contributed by atoms with Crippen LogP contribution in [0.2, 0.25) is 0 Å². The van der Waals surface area contributed by atoms with E-state index in [0.29, 0.717) is 18.7 Å². The molecule has 0 unspecified atom stereocenters. The summed E-state index contributed by atoms with van der Waals surface area (Å²) in [5.74, 6) is -0.293. The molecule has 1 aliphatic rings. The van der Waals surface area contributed by atoms with E-state index in [4.69, 9.17) is 0 Å². The zero-order valence-electron chi connectivity index (χ0n) is 22.6. The number of hydrogen-bond donors (Lipinski definition) is 1. The number of anilines is 1. The second kappa shape index (κ2) is 13.1. The lowest BCUT2D eigenvalue weighted by Gasteiger charge is -2.32. The number of nitrogens with one attached hydrogen (secondary N) is 1. The topological polar surface area (TPSA) is 86.8 Å². The fourth-order valence-corrected chi connectivity index (χ4v) is 5.80. The summed E-state index contributed by atoms with van der Waals surface area (Å²) >= 11 is 0. The molecule has 8 heteroatoms. The molecule has 1 saturated carbocycles. The molecule has 7 nitrogen and oxygen atoms in total. The van der Waals surface area contributed by atoms with Gasteiger partial charge in [0.2, 0.25) is 21.8 Å². The quantitative estimate of drug-likeness (QED) is 0.458. The van der Waals surface area contributed by atoms with E-state index in [-0.39, 0.29) is 30.8 Å². The molecule has 0 aliphatic heterocycles. The SMILES string of the molecule is Cc1ccc(N(CCCC(=O)N(Cc2ccccc2C)[C@H](C)C(=O)NC2CCCCC2)S(C)(=O)=O)cc1. The first-order valence-corrected chi connectivity index (χ1v) is 15.1. The highest BCUT2D eigenvalue weighted by molar-refractivity contribution is 7.92. The molecule has 37 heavy (non-hydrogen) atoms. The Labute approximate surface area is 222 Å². The number of aryl methyl sites for hydroxylation is 2. The van der Waals surface area contributed by atoms with Gasteiger partial charge in [0.15, 0.2) is 0 Å². The van der Waals surface area contributed by atoms with E-state index in [0.717, 1.165) is 42.4 Å². The van der Waals surface area contributed by atoms with E-state index in [2.05, 4.69) is 5.32 Å². The predicted octanol–water partition coefficient (Wildman–Crippen LogP) is 4.72. The van der Waals surface area contributed by atoms with E-state index in [1.54, 1.807) is 24.0 Å². The maximum absolute atomic E-state index is 13.5. The smallest absolute Gasteiger partial charge is 0.242 e. The summed E-state index contributed by atoms with van der Waals surface area (Å²) < 4.78 is 26.3. The molecule has 1 atom stereocenters. The maximum Gasteiger partial charge on any atom is 0.242 e. The average Bonchev–Trinajstić information content (AvgIpc) is 2.86. The van der Waals surface area contributed by atoms with Gasteiger partial charge >= 0.3 is 0 Å². The minimum atomic E-state index is -3.51. The molecule has 0 spiro atoms. The van der Waals surface area contributed by atoms with Crippen LogP contribution in [-0.2, 0) is 26.2 Å². The van der Waals surface area contributed by atoms with Crippen molar-refractivity contribution in [2.75, 3.05) is 17.1 Å². The van der Waals surface area contributed by atoms with Gasteiger partial charge < -0.3 is 10.2 Å². The first-order chi connectivity index (χ1) is 17.6. The summed E-state index contributed by atoms with van der Waals surface area (Å²) in [4.78, 5) is 28.3. The second-order valence-electron chi connectivity index (χ2n) is 10.2. The zero-order chi connectivity index (χ0) is 27.0. The third-order valence-electron chi connectivity index (χ3n) is 7.19. The molecular weight excluding hydrogens is 486 g/mol. The molecular formula is C29H41N3O4S. The molecule has 0 aromatic heterocycles. The van der Waals surface area contributed by atoms with Gasteiger partial charge in [0.1, 0.15) is 6.04 Å². The van der Waals surface area contributed by atoms with Crippen molar-refractivity contribution in [1.82, 2.24) is 10.2 Å². The van der Waals surface area contributed by atoms with Gasteiger partial charge in [-0.3, -0.25) is 13.9 Å². The van der Waals surface area contributed by atoms with Crippen LogP contribution in [0.1, 0.15) is 68.6 Å². The summed E-state index contributed by atoms with van der Waals surface area (Å²) in [5, 5.41) is 3.15.